The molecule has 0 saturated heterocycles. The van der Waals surface area contributed by atoms with E-state index in [0.717, 1.165) is 5.56 Å². The van der Waals surface area contributed by atoms with Crippen LogP contribution in [0.25, 0.3) is 0 Å². The van der Waals surface area contributed by atoms with E-state index in [9.17, 15) is 9.90 Å². The molecule has 0 aromatic carbocycles. The lowest BCUT2D eigenvalue weighted by Crippen LogP contribution is -2.34. The molecule has 1 unspecified atom stereocenters. The van der Waals surface area contributed by atoms with Crippen molar-refractivity contribution in [2.45, 2.75) is 32.8 Å². The second-order valence-corrected chi connectivity index (χ2v) is 4.64. The maximum absolute atomic E-state index is 11.5. The molecule has 1 heterocycles. The van der Waals surface area contributed by atoms with Gasteiger partial charge in [-0.15, -0.1) is 0 Å². The third-order valence-corrected chi connectivity index (χ3v) is 2.68. The molecule has 0 aliphatic rings. The van der Waals surface area contributed by atoms with Crippen LogP contribution in [0.1, 0.15) is 25.8 Å². The van der Waals surface area contributed by atoms with Crippen molar-refractivity contribution in [2.24, 2.45) is 13.0 Å². The molecular formula is C12H21N3O2. The third kappa shape index (κ3) is 4.99. The molecule has 1 atom stereocenters. The van der Waals surface area contributed by atoms with E-state index in [1.807, 2.05) is 27.1 Å². The van der Waals surface area contributed by atoms with Gasteiger partial charge in [0.2, 0.25) is 5.91 Å². The quantitative estimate of drug-likeness (QED) is 0.759. The summed E-state index contributed by atoms with van der Waals surface area (Å²) < 4.78 is 1.72. The molecule has 0 aliphatic heterocycles. The summed E-state index contributed by atoms with van der Waals surface area (Å²) in [5, 5.41) is 16.3. The molecule has 5 nitrogen and oxygen atoms in total. The number of rotatable bonds is 6. The Hall–Kier alpha value is -1.36. The average molecular weight is 239 g/mol. The lowest BCUT2D eigenvalue weighted by molar-refractivity contribution is -0.121. The van der Waals surface area contributed by atoms with Gasteiger partial charge in [-0.25, -0.2) is 0 Å². The molecule has 0 aliphatic carbocycles. The summed E-state index contributed by atoms with van der Waals surface area (Å²) in [6.07, 6.45) is 4.29. The first-order valence-corrected chi connectivity index (χ1v) is 5.91. The molecule has 0 fully saturated rings. The van der Waals surface area contributed by atoms with Gasteiger partial charge in [-0.05, 0) is 17.9 Å². The van der Waals surface area contributed by atoms with Crippen LogP contribution in [0.5, 0.6) is 0 Å². The predicted octanol–water partition coefficient (Wildman–Crippen LogP) is 0.486. The predicted molar refractivity (Wildman–Crippen MR) is 65.4 cm³/mol. The van der Waals surface area contributed by atoms with Crippen molar-refractivity contribution in [3.05, 3.63) is 18.0 Å². The van der Waals surface area contributed by atoms with Crippen molar-refractivity contribution in [3.8, 4) is 0 Å². The zero-order valence-electron chi connectivity index (χ0n) is 10.7. The highest BCUT2D eigenvalue weighted by molar-refractivity contribution is 5.76. The van der Waals surface area contributed by atoms with E-state index < -0.39 is 6.10 Å². The van der Waals surface area contributed by atoms with Crippen molar-refractivity contribution in [1.29, 1.82) is 0 Å². The van der Waals surface area contributed by atoms with Crippen LogP contribution in [0, 0.1) is 5.92 Å². The first-order chi connectivity index (χ1) is 7.99. The van der Waals surface area contributed by atoms with E-state index in [2.05, 4.69) is 10.4 Å². The summed E-state index contributed by atoms with van der Waals surface area (Å²) in [5.41, 5.74) is 1.05. The van der Waals surface area contributed by atoms with Crippen LogP contribution >= 0.6 is 0 Å². The molecule has 96 valence electrons. The Bertz CT molecular complexity index is 360. The van der Waals surface area contributed by atoms with Gasteiger partial charge in [-0.3, -0.25) is 9.48 Å². The number of hydrogen-bond acceptors (Lipinski definition) is 3. The number of carbonyl (C=O) groups is 1. The standard InChI is InChI=1S/C12H21N3O2/c1-9(2)11(16)7-13-12(17)5-4-10-6-14-15(3)8-10/h6,8-9,11,16H,4-5,7H2,1-3H3,(H,13,17). The summed E-state index contributed by atoms with van der Waals surface area (Å²) in [5.74, 6) is 0.127. The average Bonchev–Trinajstić information content (AvgIpc) is 2.69. The number of amides is 1. The van der Waals surface area contributed by atoms with Crippen molar-refractivity contribution < 1.29 is 9.90 Å². The van der Waals surface area contributed by atoms with E-state index in [4.69, 9.17) is 0 Å². The monoisotopic (exact) mass is 239 g/mol. The molecule has 17 heavy (non-hydrogen) atoms. The molecule has 0 radical (unpaired) electrons. The molecule has 1 rings (SSSR count). The Labute approximate surface area is 102 Å². The van der Waals surface area contributed by atoms with Crippen LogP contribution in [0.15, 0.2) is 12.4 Å². The Morgan fingerprint density at radius 2 is 2.29 bits per heavy atom. The minimum Gasteiger partial charge on any atom is -0.391 e. The summed E-state index contributed by atoms with van der Waals surface area (Å²) in [6.45, 7) is 4.17. The van der Waals surface area contributed by atoms with Gasteiger partial charge < -0.3 is 10.4 Å². The molecule has 1 aromatic heterocycles. The smallest absolute Gasteiger partial charge is 0.220 e. The first kappa shape index (κ1) is 13.7. The number of nitrogens with one attached hydrogen (secondary N) is 1. The van der Waals surface area contributed by atoms with Gasteiger partial charge >= 0.3 is 0 Å². The minimum atomic E-state index is -0.475. The molecular weight excluding hydrogens is 218 g/mol. The zero-order chi connectivity index (χ0) is 12.8. The van der Waals surface area contributed by atoms with E-state index in [-0.39, 0.29) is 11.8 Å². The van der Waals surface area contributed by atoms with Crippen molar-refractivity contribution in [1.82, 2.24) is 15.1 Å². The highest BCUT2D eigenvalue weighted by atomic mass is 16.3. The summed E-state index contributed by atoms with van der Waals surface area (Å²) in [4.78, 5) is 11.5. The topological polar surface area (TPSA) is 67.2 Å². The maximum Gasteiger partial charge on any atom is 0.220 e. The van der Waals surface area contributed by atoms with Gasteiger partial charge in [0.25, 0.3) is 0 Å². The van der Waals surface area contributed by atoms with E-state index in [0.29, 0.717) is 19.4 Å². The van der Waals surface area contributed by atoms with Gasteiger partial charge in [0, 0.05) is 26.2 Å². The van der Waals surface area contributed by atoms with Crippen LogP contribution in [-0.2, 0) is 18.3 Å². The third-order valence-electron chi connectivity index (χ3n) is 2.68. The fourth-order valence-electron chi connectivity index (χ4n) is 1.40. The zero-order valence-corrected chi connectivity index (χ0v) is 10.7. The fraction of sp³-hybridized carbons (Fsp3) is 0.667. The summed E-state index contributed by atoms with van der Waals surface area (Å²) >= 11 is 0. The van der Waals surface area contributed by atoms with Gasteiger partial charge in [-0.1, -0.05) is 13.8 Å². The number of nitrogens with zero attached hydrogens (tertiary/aromatic N) is 2. The lowest BCUT2D eigenvalue weighted by Gasteiger charge is -2.14. The van der Waals surface area contributed by atoms with Gasteiger partial charge in [0.05, 0.1) is 12.3 Å². The van der Waals surface area contributed by atoms with Crippen molar-refractivity contribution in [2.75, 3.05) is 6.54 Å². The Kier molecular flexibility index (Phi) is 5.15. The molecule has 2 N–H and O–H groups in total. The normalized spacial score (nSPS) is 12.8. The van der Waals surface area contributed by atoms with Crippen molar-refractivity contribution >= 4 is 5.91 Å². The van der Waals surface area contributed by atoms with Crippen molar-refractivity contribution in [3.63, 3.8) is 0 Å². The molecule has 5 heteroatoms. The molecule has 0 bridgehead atoms. The van der Waals surface area contributed by atoms with E-state index in [1.54, 1.807) is 10.9 Å². The molecule has 1 aromatic rings. The number of aromatic nitrogens is 2. The highest BCUT2D eigenvalue weighted by Gasteiger charge is 2.10. The van der Waals surface area contributed by atoms with E-state index >= 15 is 0 Å². The number of aliphatic hydroxyl groups is 1. The fourth-order valence-corrected chi connectivity index (χ4v) is 1.40. The van der Waals surface area contributed by atoms with Crippen LogP contribution in [0.4, 0.5) is 0 Å². The van der Waals surface area contributed by atoms with E-state index in [1.165, 1.54) is 0 Å². The summed E-state index contributed by atoms with van der Waals surface area (Å²) in [6, 6.07) is 0. The lowest BCUT2D eigenvalue weighted by atomic mass is 10.1. The van der Waals surface area contributed by atoms with Crippen LogP contribution in [0.2, 0.25) is 0 Å². The Balaban J connectivity index is 2.22. The van der Waals surface area contributed by atoms with Crippen LogP contribution in [0.3, 0.4) is 0 Å². The Morgan fingerprint density at radius 1 is 1.59 bits per heavy atom. The summed E-state index contributed by atoms with van der Waals surface area (Å²) in [7, 11) is 1.85. The van der Waals surface area contributed by atoms with Crippen LogP contribution in [-0.4, -0.2) is 33.4 Å². The second kappa shape index (κ2) is 6.39. The number of carbonyl (C=O) groups excluding carboxylic acids is 1. The number of aliphatic hydroxyl groups excluding tert-OH is 1. The highest BCUT2D eigenvalue weighted by Crippen LogP contribution is 2.02. The molecule has 0 spiro atoms. The van der Waals surface area contributed by atoms with Gasteiger partial charge in [-0.2, -0.15) is 5.10 Å². The minimum absolute atomic E-state index is 0.0337. The molecule has 0 saturated carbocycles. The largest absolute Gasteiger partial charge is 0.391 e. The Morgan fingerprint density at radius 3 is 2.82 bits per heavy atom. The van der Waals surface area contributed by atoms with Crippen LogP contribution < -0.4 is 5.32 Å². The second-order valence-electron chi connectivity index (χ2n) is 4.64. The maximum atomic E-state index is 11.5. The SMILES string of the molecule is CC(C)C(O)CNC(=O)CCc1cnn(C)c1. The first-order valence-electron chi connectivity index (χ1n) is 5.91. The number of aryl methyl sites for hydroxylation is 2. The van der Waals surface area contributed by atoms with Gasteiger partial charge in [0.1, 0.15) is 0 Å². The number of hydrogen-bond donors (Lipinski definition) is 2. The molecule has 1 amide bonds. The van der Waals surface area contributed by atoms with Gasteiger partial charge in [0.15, 0.2) is 0 Å².